The maximum Gasteiger partial charge on any atom is 0.416 e. The first-order valence-electron chi connectivity index (χ1n) is 11.0. The fraction of sp³-hybridized carbons (Fsp3) is 0.125. The average molecular weight is 726 g/mol. The van der Waals surface area contributed by atoms with Gasteiger partial charge in [-0.25, -0.2) is 14.8 Å². The number of aromatic nitrogens is 2. The van der Waals surface area contributed by atoms with E-state index in [2.05, 4.69) is 41.8 Å². The molecule has 0 spiro atoms. The van der Waals surface area contributed by atoms with Crippen LogP contribution in [-0.2, 0) is 17.1 Å². The molecule has 2 aromatic heterocycles. The molecular weight excluding hydrogens is 714 g/mol. The summed E-state index contributed by atoms with van der Waals surface area (Å²) >= 11 is 5.82. The van der Waals surface area contributed by atoms with Crippen molar-refractivity contribution in [2.45, 2.75) is 18.5 Å². The Kier molecular flexibility index (Phi) is 7.98. The number of carbonyl (C=O) groups is 3. The van der Waals surface area contributed by atoms with Crippen molar-refractivity contribution in [1.29, 1.82) is 0 Å². The number of hydrogen-bond acceptors (Lipinski definition) is 7. The Morgan fingerprint density at radius 3 is 1.36 bits per heavy atom. The lowest BCUT2D eigenvalue weighted by molar-refractivity contribution is -0.140. The molecule has 2 amide bonds. The number of carboxylic acid groups (broad SMARTS) is 1. The Hall–Kier alpha value is -4.19. The zero-order valence-electron chi connectivity index (χ0n) is 20.0. The minimum absolute atomic E-state index is 0.215. The van der Waals surface area contributed by atoms with Crippen LogP contribution >= 0.6 is 31.9 Å². The number of carbonyl (C=O) groups excluding carboxylic acids is 2. The summed E-state index contributed by atoms with van der Waals surface area (Å²) in [5, 5.41) is 33.4. The third kappa shape index (κ3) is 5.89. The predicted molar refractivity (Wildman–Crippen MR) is 139 cm³/mol. The molecule has 10 nitrogen and oxygen atoms in total. The first-order chi connectivity index (χ1) is 19.4. The molecule has 42 heavy (non-hydrogen) atoms. The van der Waals surface area contributed by atoms with Crippen molar-refractivity contribution >= 4 is 71.2 Å². The number of rotatable bonds is 5. The van der Waals surface area contributed by atoms with Crippen LogP contribution in [0.5, 0.6) is 11.5 Å². The summed E-state index contributed by atoms with van der Waals surface area (Å²) in [5.41, 5.74) is -3.77. The van der Waals surface area contributed by atoms with Gasteiger partial charge in [-0.05, 0) is 68.3 Å². The van der Waals surface area contributed by atoms with Gasteiger partial charge in [0.1, 0.15) is 9.21 Å². The number of nitrogens with one attached hydrogen (secondary N) is 2. The molecule has 2 heterocycles. The normalized spacial score (nSPS) is 12.1. The van der Waals surface area contributed by atoms with Crippen LogP contribution in [0.25, 0.3) is 21.5 Å². The number of amides is 2. The summed E-state index contributed by atoms with van der Waals surface area (Å²) in [6.45, 7) is 0. The SMILES string of the molecule is O=C(NC(NC(=O)c1nc(Br)c2cc(C(F)(F)F)ccc2c1O)C(=O)O)c1nc(Br)c2cc(C(F)(F)F)ccc2c1O. The summed E-state index contributed by atoms with van der Waals surface area (Å²) in [4.78, 5) is 44.8. The Morgan fingerprint density at radius 1 is 0.690 bits per heavy atom. The summed E-state index contributed by atoms with van der Waals surface area (Å²) in [7, 11) is 0. The molecule has 0 aliphatic rings. The van der Waals surface area contributed by atoms with Crippen LogP contribution in [0.15, 0.2) is 45.6 Å². The van der Waals surface area contributed by atoms with E-state index in [1.54, 1.807) is 0 Å². The second-order valence-corrected chi connectivity index (χ2v) is 9.94. The highest BCUT2D eigenvalue weighted by Crippen LogP contribution is 2.39. The number of hydrogen-bond donors (Lipinski definition) is 5. The predicted octanol–water partition coefficient (Wildman–Crippen LogP) is 5.33. The van der Waals surface area contributed by atoms with Gasteiger partial charge in [0.05, 0.1) is 11.1 Å². The number of benzene rings is 2. The van der Waals surface area contributed by atoms with Crippen molar-refractivity contribution in [3.63, 3.8) is 0 Å². The van der Waals surface area contributed by atoms with Gasteiger partial charge in [-0.3, -0.25) is 9.59 Å². The van der Waals surface area contributed by atoms with Crippen molar-refractivity contribution < 1.29 is 56.0 Å². The van der Waals surface area contributed by atoms with Crippen LogP contribution in [0.3, 0.4) is 0 Å². The van der Waals surface area contributed by atoms with E-state index in [0.29, 0.717) is 24.3 Å². The Labute approximate surface area is 245 Å². The second kappa shape index (κ2) is 10.9. The van der Waals surface area contributed by atoms with E-state index in [1.165, 1.54) is 0 Å². The topological polar surface area (TPSA) is 162 Å². The van der Waals surface area contributed by atoms with Crippen LogP contribution in [0.2, 0.25) is 0 Å². The molecule has 220 valence electrons. The molecule has 0 atom stereocenters. The highest BCUT2D eigenvalue weighted by atomic mass is 79.9. The molecule has 5 N–H and O–H groups in total. The van der Waals surface area contributed by atoms with E-state index in [1.807, 2.05) is 10.6 Å². The Balaban J connectivity index is 1.63. The van der Waals surface area contributed by atoms with Gasteiger partial charge < -0.3 is 26.0 Å². The molecule has 0 fully saturated rings. The minimum atomic E-state index is -4.72. The monoisotopic (exact) mass is 724 g/mol. The second-order valence-electron chi connectivity index (χ2n) is 8.43. The molecule has 18 heteroatoms. The molecule has 0 radical (unpaired) electrons. The number of carboxylic acids is 1. The quantitative estimate of drug-likeness (QED) is 0.105. The number of pyridine rings is 2. The largest absolute Gasteiger partial charge is 0.505 e. The molecule has 0 unspecified atom stereocenters. The van der Waals surface area contributed by atoms with Crippen molar-refractivity contribution in [1.82, 2.24) is 20.6 Å². The van der Waals surface area contributed by atoms with Crippen molar-refractivity contribution in [3.8, 4) is 11.5 Å². The fourth-order valence-corrected chi connectivity index (χ4v) is 4.76. The lowest BCUT2D eigenvalue weighted by Crippen LogP contribution is -2.53. The summed E-state index contributed by atoms with van der Waals surface area (Å²) < 4.78 is 77.8. The molecule has 0 saturated carbocycles. The van der Waals surface area contributed by atoms with Crippen LogP contribution in [0, 0.1) is 0 Å². The number of nitrogens with zero attached hydrogens (tertiary/aromatic N) is 2. The van der Waals surface area contributed by atoms with E-state index in [0.717, 1.165) is 12.1 Å². The zero-order chi connectivity index (χ0) is 31.3. The smallest absolute Gasteiger partial charge is 0.416 e. The fourth-order valence-electron chi connectivity index (χ4n) is 3.75. The Bertz CT molecular complexity index is 1680. The van der Waals surface area contributed by atoms with Crippen LogP contribution in [0.1, 0.15) is 32.1 Å². The number of fused-ring (bicyclic) bond motifs is 2. The van der Waals surface area contributed by atoms with Gasteiger partial charge in [-0.2, -0.15) is 26.3 Å². The van der Waals surface area contributed by atoms with Crippen molar-refractivity contribution in [3.05, 3.63) is 68.1 Å². The molecule has 0 aliphatic heterocycles. The van der Waals surface area contributed by atoms with Gasteiger partial charge in [0, 0.05) is 21.5 Å². The first-order valence-corrected chi connectivity index (χ1v) is 12.6. The van der Waals surface area contributed by atoms with Gasteiger partial charge in [0.15, 0.2) is 22.9 Å². The maximum atomic E-state index is 13.1. The lowest BCUT2D eigenvalue weighted by atomic mass is 10.1. The van der Waals surface area contributed by atoms with Crippen LogP contribution in [0.4, 0.5) is 26.3 Å². The molecule has 0 aliphatic carbocycles. The van der Waals surface area contributed by atoms with Crippen molar-refractivity contribution in [2.24, 2.45) is 0 Å². The molecule has 0 bridgehead atoms. The number of alkyl halides is 6. The highest BCUT2D eigenvalue weighted by molar-refractivity contribution is 9.10. The Morgan fingerprint density at radius 2 is 1.05 bits per heavy atom. The van der Waals surface area contributed by atoms with E-state index in [4.69, 9.17) is 0 Å². The van der Waals surface area contributed by atoms with Crippen LogP contribution in [-0.4, -0.2) is 49.2 Å². The van der Waals surface area contributed by atoms with Gasteiger partial charge >= 0.3 is 18.3 Å². The highest BCUT2D eigenvalue weighted by Gasteiger charge is 2.33. The van der Waals surface area contributed by atoms with Gasteiger partial charge in [0.25, 0.3) is 11.8 Å². The number of aromatic hydroxyl groups is 2. The lowest BCUT2D eigenvalue weighted by Gasteiger charge is -2.18. The first kappa shape index (κ1) is 30.8. The number of aliphatic carboxylic acids is 1. The summed E-state index contributed by atoms with van der Waals surface area (Å²) in [6, 6.07) is 4.36. The summed E-state index contributed by atoms with van der Waals surface area (Å²) in [6.07, 6.45) is -11.7. The van der Waals surface area contributed by atoms with Gasteiger partial charge in [-0.15, -0.1) is 0 Å². The molecule has 4 rings (SSSR count). The van der Waals surface area contributed by atoms with E-state index in [-0.39, 0.29) is 30.8 Å². The van der Waals surface area contributed by atoms with E-state index in [9.17, 15) is 56.0 Å². The van der Waals surface area contributed by atoms with E-state index >= 15 is 0 Å². The minimum Gasteiger partial charge on any atom is -0.505 e. The number of halogens is 8. The molecule has 4 aromatic rings. The third-order valence-electron chi connectivity index (χ3n) is 5.75. The van der Waals surface area contributed by atoms with Crippen LogP contribution < -0.4 is 10.6 Å². The zero-order valence-corrected chi connectivity index (χ0v) is 23.2. The molecule has 2 aromatic carbocycles. The maximum absolute atomic E-state index is 13.1. The standard InChI is InChI=1S/C24H12Br2F6N4O6/c25-17-11-5-7(23(27,28)29)1-3-9(11)15(37)13(33-17)20(39)35-19(22(41)42)36-21(40)14-16(38)10-4-2-8(24(30,31)32)6-12(10)18(26)34-14/h1-6,19,37-38H,(H,35,39)(H,36,40)(H,41,42). The third-order valence-corrected chi connectivity index (χ3v) is 6.95. The van der Waals surface area contributed by atoms with Crippen molar-refractivity contribution in [2.75, 3.05) is 0 Å². The average Bonchev–Trinajstić information content (AvgIpc) is 2.90. The molecule has 0 saturated heterocycles. The molecular formula is C24H12Br2F6N4O6. The van der Waals surface area contributed by atoms with Gasteiger partial charge in [0.2, 0.25) is 6.17 Å². The van der Waals surface area contributed by atoms with E-state index < -0.39 is 70.3 Å². The summed E-state index contributed by atoms with van der Waals surface area (Å²) in [5.74, 6) is -6.39. The van der Waals surface area contributed by atoms with Gasteiger partial charge in [-0.1, -0.05) is 0 Å².